The largest absolute Gasteiger partial charge is 0.378 e. The van der Waals surface area contributed by atoms with Crippen molar-refractivity contribution in [3.63, 3.8) is 0 Å². The lowest BCUT2D eigenvalue weighted by atomic mass is 10.1. The van der Waals surface area contributed by atoms with Crippen LogP contribution in [0.5, 0.6) is 0 Å². The third-order valence-electron chi connectivity index (χ3n) is 3.87. The fourth-order valence-corrected chi connectivity index (χ4v) is 3.09. The number of ether oxygens (including phenoxy) is 1. The molecule has 0 aliphatic carbocycles. The summed E-state index contributed by atoms with van der Waals surface area (Å²) >= 11 is 3.64. The molecule has 2 rings (SSSR count). The van der Waals surface area contributed by atoms with E-state index in [-0.39, 0.29) is 0 Å². The third kappa shape index (κ3) is 4.04. The van der Waals surface area contributed by atoms with Crippen LogP contribution >= 0.6 is 15.9 Å². The number of likely N-dealkylation sites (tertiary alicyclic amines) is 1. The van der Waals surface area contributed by atoms with Crippen molar-refractivity contribution in [2.45, 2.75) is 38.8 Å². The molecule has 6 heteroatoms. The second-order valence-electron chi connectivity index (χ2n) is 5.46. The minimum Gasteiger partial charge on any atom is -0.378 e. The number of piperidine rings is 1. The van der Waals surface area contributed by atoms with E-state index in [1.54, 1.807) is 0 Å². The first-order valence-corrected chi connectivity index (χ1v) is 8.13. The Morgan fingerprint density at radius 2 is 2.10 bits per heavy atom. The lowest BCUT2D eigenvalue weighted by Crippen LogP contribution is -2.37. The van der Waals surface area contributed by atoms with Gasteiger partial charge in [0.1, 0.15) is 0 Å². The van der Waals surface area contributed by atoms with Crippen LogP contribution in [0.25, 0.3) is 0 Å². The van der Waals surface area contributed by atoms with Gasteiger partial charge in [0.15, 0.2) is 0 Å². The number of nitrogens with two attached hydrogens (primary N) is 1. The zero-order valence-corrected chi connectivity index (χ0v) is 14.0. The van der Waals surface area contributed by atoms with E-state index in [9.17, 15) is 0 Å². The van der Waals surface area contributed by atoms with Crippen LogP contribution in [0.15, 0.2) is 4.47 Å². The molecule has 114 valence electrons. The smallest absolute Gasteiger partial charge is 0.0739 e. The first-order valence-electron chi connectivity index (χ1n) is 7.33. The molecular formula is C14H25BrN4O. The summed E-state index contributed by atoms with van der Waals surface area (Å²) in [5.74, 6) is 0. The maximum absolute atomic E-state index is 5.84. The molecule has 0 unspecified atom stereocenters. The molecule has 2 N–H and O–H groups in total. The molecule has 2 heterocycles. The summed E-state index contributed by atoms with van der Waals surface area (Å²) in [7, 11) is 2.01. The van der Waals surface area contributed by atoms with E-state index in [1.165, 1.54) is 5.69 Å². The van der Waals surface area contributed by atoms with Gasteiger partial charge in [0.25, 0.3) is 0 Å². The van der Waals surface area contributed by atoms with Crippen LogP contribution in [-0.4, -0.2) is 47.0 Å². The number of halogens is 1. The summed E-state index contributed by atoms with van der Waals surface area (Å²) in [6, 6.07) is 0. The average molecular weight is 345 g/mol. The van der Waals surface area contributed by atoms with Gasteiger partial charge in [-0.3, -0.25) is 9.58 Å². The van der Waals surface area contributed by atoms with E-state index in [1.807, 2.05) is 18.7 Å². The molecule has 0 aromatic carbocycles. The molecule has 0 atom stereocenters. The Morgan fingerprint density at radius 3 is 2.65 bits per heavy atom. The molecule has 0 radical (unpaired) electrons. The SMILES string of the molecule is Cc1nn(C)c(CN2CCC(OCCCN)CC2)c1Br. The first kappa shape index (κ1) is 15.9. The van der Waals surface area contributed by atoms with E-state index in [2.05, 4.69) is 25.9 Å². The predicted octanol–water partition coefficient (Wildman–Crippen LogP) is 1.82. The number of aryl methyl sites for hydroxylation is 2. The van der Waals surface area contributed by atoms with Gasteiger partial charge in [0.2, 0.25) is 0 Å². The predicted molar refractivity (Wildman–Crippen MR) is 83.6 cm³/mol. The van der Waals surface area contributed by atoms with Crippen LogP contribution in [0.1, 0.15) is 30.7 Å². The van der Waals surface area contributed by atoms with Crippen LogP contribution in [0, 0.1) is 6.92 Å². The Hall–Kier alpha value is -0.430. The molecule has 0 spiro atoms. The topological polar surface area (TPSA) is 56.3 Å². The fourth-order valence-electron chi connectivity index (χ4n) is 2.63. The third-order valence-corrected chi connectivity index (χ3v) is 4.90. The van der Waals surface area contributed by atoms with Gasteiger partial charge < -0.3 is 10.5 Å². The summed E-state index contributed by atoms with van der Waals surface area (Å²) in [6.07, 6.45) is 3.59. The van der Waals surface area contributed by atoms with Crippen molar-refractivity contribution < 1.29 is 4.74 Å². The molecule has 20 heavy (non-hydrogen) atoms. The Labute approximate surface area is 129 Å². The molecule has 1 saturated heterocycles. The second kappa shape index (κ2) is 7.54. The highest BCUT2D eigenvalue weighted by Crippen LogP contribution is 2.23. The van der Waals surface area contributed by atoms with Gasteiger partial charge in [-0.1, -0.05) is 0 Å². The number of rotatable bonds is 6. The molecule has 0 saturated carbocycles. The highest BCUT2D eigenvalue weighted by molar-refractivity contribution is 9.10. The quantitative estimate of drug-likeness (QED) is 0.799. The van der Waals surface area contributed by atoms with Crippen LogP contribution in [0.2, 0.25) is 0 Å². The van der Waals surface area contributed by atoms with Gasteiger partial charge in [-0.2, -0.15) is 5.10 Å². The van der Waals surface area contributed by atoms with Crippen molar-refractivity contribution in [3.05, 3.63) is 15.9 Å². The zero-order chi connectivity index (χ0) is 14.5. The van der Waals surface area contributed by atoms with Gasteiger partial charge in [-0.25, -0.2) is 0 Å². The Balaban J connectivity index is 1.79. The number of hydrogen-bond acceptors (Lipinski definition) is 4. The summed E-state index contributed by atoms with van der Waals surface area (Å²) < 4.78 is 8.96. The number of aromatic nitrogens is 2. The average Bonchev–Trinajstić information content (AvgIpc) is 2.67. The van der Waals surface area contributed by atoms with Gasteiger partial charge in [0.05, 0.1) is 22.0 Å². The van der Waals surface area contributed by atoms with E-state index in [4.69, 9.17) is 10.5 Å². The van der Waals surface area contributed by atoms with Crippen molar-refractivity contribution in [2.24, 2.45) is 12.8 Å². The Morgan fingerprint density at radius 1 is 1.40 bits per heavy atom. The van der Waals surface area contributed by atoms with Gasteiger partial charge >= 0.3 is 0 Å². The summed E-state index contributed by atoms with van der Waals surface area (Å²) in [5, 5.41) is 4.45. The molecular weight excluding hydrogens is 320 g/mol. The van der Waals surface area contributed by atoms with Crippen molar-refractivity contribution in [3.8, 4) is 0 Å². The normalized spacial score (nSPS) is 17.8. The second-order valence-corrected chi connectivity index (χ2v) is 6.25. The Kier molecular flexibility index (Phi) is 6.01. The zero-order valence-electron chi connectivity index (χ0n) is 12.4. The van der Waals surface area contributed by atoms with Crippen molar-refractivity contribution in [2.75, 3.05) is 26.2 Å². The highest BCUT2D eigenvalue weighted by atomic mass is 79.9. The Bertz CT molecular complexity index is 427. The molecule has 1 aromatic heterocycles. The maximum Gasteiger partial charge on any atom is 0.0739 e. The van der Waals surface area contributed by atoms with Crippen LogP contribution in [0.4, 0.5) is 0 Å². The van der Waals surface area contributed by atoms with Crippen molar-refractivity contribution in [1.82, 2.24) is 14.7 Å². The molecule has 0 amide bonds. The van der Waals surface area contributed by atoms with Gasteiger partial charge in [-0.15, -0.1) is 0 Å². The molecule has 5 nitrogen and oxygen atoms in total. The lowest BCUT2D eigenvalue weighted by molar-refractivity contribution is 0.00518. The maximum atomic E-state index is 5.84. The summed E-state index contributed by atoms with van der Waals surface area (Å²) in [5.41, 5.74) is 7.79. The van der Waals surface area contributed by atoms with E-state index in [0.29, 0.717) is 12.6 Å². The fraction of sp³-hybridized carbons (Fsp3) is 0.786. The standard InChI is InChI=1S/C14H25BrN4O/c1-11-14(15)13(18(2)17-11)10-19-7-4-12(5-8-19)20-9-3-6-16/h12H,3-10,16H2,1-2H3. The summed E-state index contributed by atoms with van der Waals surface area (Å²) in [4.78, 5) is 2.48. The molecule has 0 bridgehead atoms. The molecule has 1 aromatic rings. The van der Waals surface area contributed by atoms with Crippen LogP contribution in [-0.2, 0) is 18.3 Å². The number of nitrogens with zero attached hydrogens (tertiary/aromatic N) is 3. The minimum absolute atomic E-state index is 0.412. The van der Waals surface area contributed by atoms with Crippen molar-refractivity contribution >= 4 is 15.9 Å². The minimum atomic E-state index is 0.412. The molecule has 1 aliphatic rings. The highest BCUT2D eigenvalue weighted by Gasteiger charge is 2.21. The monoisotopic (exact) mass is 344 g/mol. The first-order chi connectivity index (χ1) is 9.61. The summed E-state index contributed by atoms with van der Waals surface area (Å²) in [6.45, 7) is 6.67. The van der Waals surface area contributed by atoms with E-state index >= 15 is 0 Å². The van der Waals surface area contributed by atoms with Crippen LogP contribution < -0.4 is 5.73 Å². The lowest BCUT2D eigenvalue weighted by Gasteiger charge is -2.31. The van der Waals surface area contributed by atoms with Gasteiger partial charge in [-0.05, 0) is 48.7 Å². The van der Waals surface area contributed by atoms with Gasteiger partial charge in [0, 0.05) is 33.3 Å². The van der Waals surface area contributed by atoms with Crippen LogP contribution in [0.3, 0.4) is 0 Å². The molecule has 1 fully saturated rings. The number of hydrogen-bond donors (Lipinski definition) is 1. The van der Waals surface area contributed by atoms with Crippen molar-refractivity contribution in [1.29, 1.82) is 0 Å². The van der Waals surface area contributed by atoms with E-state index < -0.39 is 0 Å². The van der Waals surface area contributed by atoms with E-state index in [0.717, 1.165) is 55.7 Å². The molecule has 1 aliphatic heterocycles.